The molecule has 162 valence electrons. The zero-order valence-corrected chi connectivity index (χ0v) is 18.0. The van der Waals surface area contributed by atoms with Crippen molar-refractivity contribution in [3.63, 3.8) is 0 Å². The number of hydrogen-bond donors (Lipinski definition) is 1. The average Bonchev–Trinajstić information content (AvgIpc) is 3.20. The summed E-state index contributed by atoms with van der Waals surface area (Å²) in [5.41, 5.74) is 1.73. The number of alkyl halides is 1. The Morgan fingerprint density at radius 2 is 1.93 bits per heavy atom. The van der Waals surface area contributed by atoms with Crippen molar-refractivity contribution < 1.29 is 13.9 Å². The molecule has 1 N–H and O–H groups in total. The maximum absolute atomic E-state index is 13.0. The lowest BCUT2D eigenvalue weighted by atomic mass is 9.69. The molecule has 2 heterocycles. The quantitative estimate of drug-likeness (QED) is 0.743. The lowest BCUT2D eigenvalue weighted by Gasteiger charge is -2.37. The monoisotopic (exact) mass is 404 g/mol. The van der Waals surface area contributed by atoms with Gasteiger partial charge in [0.25, 0.3) is 0 Å². The van der Waals surface area contributed by atoms with Gasteiger partial charge in [-0.05, 0) is 82.3 Å². The minimum Gasteiger partial charge on any atom is -0.493 e. The topological polar surface area (TPSA) is 41.6 Å². The smallest absolute Gasteiger partial charge is 0.228 e. The third kappa shape index (κ3) is 6.56. The van der Waals surface area contributed by atoms with Crippen molar-refractivity contribution in [1.82, 2.24) is 10.2 Å². The molecule has 2 fully saturated rings. The summed E-state index contributed by atoms with van der Waals surface area (Å²) in [6, 6.07) is 6.22. The molecule has 4 rings (SSSR count). The largest absolute Gasteiger partial charge is 0.493 e. The fourth-order valence-corrected chi connectivity index (χ4v) is 3.98. The maximum atomic E-state index is 13.0. The van der Waals surface area contributed by atoms with Crippen molar-refractivity contribution in [2.45, 2.75) is 51.4 Å². The van der Waals surface area contributed by atoms with Gasteiger partial charge in [-0.15, -0.1) is 13.2 Å². The van der Waals surface area contributed by atoms with Gasteiger partial charge < -0.3 is 15.0 Å². The number of carbonyl (C=O) groups excluding carboxylic acids is 1. The van der Waals surface area contributed by atoms with Crippen LogP contribution in [0.5, 0.6) is 5.75 Å². The Morgan fingerprint density at radius 1 is 1.21 bits per heavy atom. The molecule has 1 saturated heterocycles. The Balaban J connectivity index is 0.000000317. The molecule has 0 atom stereocenters. The highest BCUT2D eigenvalue weighted by atomic mass is 19.1. The van der Waals surface area contributed by atoms with E-state index in [1.807, 2.05) is 12.1 Å². The summed E-state index contributed by atoms with van der Waals surface area (Å²) >= 11 is 0. The summed E-state index contributed by atoms with van der Waals surface area (Å²) in [4.78, 5) is 14.4. The van der Waals surface area contributed by atoms with Crippen LogP contribution in [0.1, 0.15) is 49.7 Å². The van der Waals surface area contributed by atoms with Crippen molar-refractivity contribution in [3.05, 3.63) is 42.5 Å². The van der Waals surface area contributed by atoms with Crippen LogP contribution in [0.25, 0.3) is 0 Å². The van der Waals surface area contributed by atoms with Gasteiger partial charge >= 0.3 is 0 Å². The Morgan fingerprint density at radius 3 is 2.48 bits per heavy atom. The summed E-state index contributed by atoms with van der Waals surface area (Å²) in [6.07, 6.45) is 8.06. The summed E-state index contributed by atoms with van der Waals surface area (Å²) in [7, 11) is 2.17. The van der Waals surface area contributed by atoms with Crippen LogP contribution < -0.4 is 10.1 Å². The number of rotatable bonds is 5. The molecule has 5 heteroatoms. The molecule has 1 amide bonds. The fraction of sp³-hybridized carbons (Fsp3) is 0.625. The minimum absolute atomic E-state index is 0.113. The molecule has 1 aromatic rings. The van der Waals surface area contributed by atoms with Crippen molar-refractivity contribution >= 4 is 5.91 Å². The molecule has 1 aromatic carbocycles. The zero-order valence-electron chi connectivity index (χ0n) is 18.0. The maximum Gasteiger partial charge on any atom is 0.228 e. The number of hydrogen-bond acceptors (Lipinski definition) is 3. The molecule has 0 unspecified atom stereocenters. The number of nitrogens with zero attached hydrogens (tertiary/aromatic N) is 1. The van der Waals surface area contributed by atoms with Crippen molar-refractivity contribution in [2.24, 2.45) is 5.41 Å². The summed E-state index contributed by atoms with van der Waals surface area (Å²) in [5.74, 6) is 0.873. The first-order valence-corrected chi connectivity index (χ1v) is 10.9. The highest BCUT2D eigenvalue weighted by Gasteiger charge is 2.44. The van der Waals surface area contributed by atoms with Crippen LogP contribution >= 0.6 is 0 Å². The molecular formula is C24H37FN2O2. The van der Waals surface area contributed by atoms with Crippen molar-refractivity contribution in [1.29, 1.82) is 0 Å². The van der Waals surface area contributed by atoms with Gasteiger partial charge in [-0.25, -0.2) is 4.39 Å². The first-order valence-electron chi connectivity index (χ1n) is 10.9. The SMILES string of the molecule is C=C.CN1CCCC1.O=C(NCCc1ccc2c(c1)CCCO2)C1(CF)CCC1. The van der Waals surface area contributed by atoms with Crippen molar-refractivity contribution in [3.8, 4) is 5.75 Å². The minimum atomic E-state index is -0.719. The molecule has 0 aromatic heterocycles. The lowest BCUT2D eigenvalue weighted by Crippen LogP contribution is -2.47. The summed E-state index contributed by atoms with van der Waals surface area (Å²) in [5, 5.41) is 2.89. The molecule has 2 aliphatic heterocycles. The lowest BCUT2D eigenvalue weighted by molar-refractivity contribution is -0.137. The third-order valence-corrected chi connectivity index (χ3v) is 6.05. The molecule has 1 aliphatic carbocycles. The van der Waals surface area contributed by atoms with E-state index in [0.29, 0.717) is 19.4 Å². The van der Waals surface area contributed by atoms with Crippen LogP contribution in [0.3, 0.4) is 0 Å². The second-order valence-electron chi connectivity index (χ2n) is 8.18. The number of likely N-dealkylation sites (tertiary alicyclic amines) is 1. The normalized spacial score (nSPS) is 19.2. The number of ether oxygens (including phenoxy) is 1. The Labute approximate surface area is 175 Å². The summed E-state index contributed by atoms with van der Waals surface area (Å²) in [6.45, 7) is 9.48. The molecule has 29 heavy (non-hydrogen) atoms. The van der Waals surface area contributed by atoms with E-state index in [1.165, 1.54) is 37.1 Å². The Hall–Kier alpha value is -1.88. The van der Waals surface area contributed by atoms with Gasteiger partial charge in [0.15, 0.2) is 0 Å². The van der Waals surface area contributed by atoms with Crippen LogP contribution in [0.15, 0.2) is 31.4 Å². The fourth-order valence-electron chi connectivity index (χ4n) is 3.98. The second-order valence-corrected chi connectivity index (χ2v) is 8.18. The van der Waals surface area contributed by atoms with E-state index in [-0.39, 0.29) is 5.91 Å². The molecule has 0 bridgehead atoms. The highest BCUT2D eigenvalue weighted by Crippen LogP contribution is 2.41. The molecule has 4 nitrogen and oxygen atoms in total. The predicted octanol–water partition coefficient (Wildman–Crippen LogP) is 4.32. The number of aryl methyl sites for hydroxylation is 1. The Bertz CT molecular complexity index is 634. The van der Waals surface area contributed by atoms with E-state index in [4.69, 9.17) is 4.74 Å². The molecule has 0 spiro atoms. The van der Waals surface area contributed by atoms with Gasteiger partial charge in [-0.2, -0.15) is 0 Å². The van der Waals surface area contributed by atoms with Crippen molar-refractivity contribution in [2.75, 3.05) is 40.0 Å². The number of nitrogens with one attached hydrogen (secondary N) is 1. The van der Waals surface area contributed by atoms with E-state index < -0.39 is 12.1 Å². The number of carbonyl (C=O) groups is 1. The van der Waals surface area contributed by atoms with Gasteiger partial charge in [0.2, 0.25) is 5.91 Å². The number of benzene rings is 1. The van der Waals surface area contributed by atoms with Gasteiger partial charge in [0.1, 0.15) is 12.4 Å². The molecule has 0 radical (unpaired) electrons. The highest BCUT2D eigenvalue weighted by molar-refractivity contribution is 5.83. The van der Waals surface area contributed by atoms with Gasteiger partial charge in [-0.1, -0.05) is 18.6 Å². The Kier molecular flexibility index (Phi) is 9.65. The molecular weight excluding hydrogens is 367 g/mol. The first kappa shape index (κ1) is 23.4. The number of halogens is 1. The van der Waals surface area contributed by atoms with Crippen LogP contribution in [0.4, 0.5) is 4.39 Å². The van der Waals surface area contributed by atoms with Crippen LogP contribution in [0, 0.1) is 5.41 Å². The van der Waals surface area contributed by atoms with Gasteiger partial charge in [0, 0.05) is 6.54 Å². The molecule has 3 aliphatic rings. The number of fused-ring (bicyclic) bond motifs is 1. The van der Waals surface area contributed by atoms with E-state index in [0.717, 1.165) is 38.0 Å². The second kappa shape index (κ2) is 12.0. The van der Waals surface area contributed by atoms with Crippen LogP contribution in [0.2, 0.25) is 0 Å². The third-order valence-electron chi connectivity index (χ3n) is 6.05. The van der Waals surface area contributed by atoms with Gasteiger partial charge in [0.05, 0.1) is 12.0 Å². The van der Waals surface area contributed by atoms with E-state index in [2.05, 4.69) is 36.5 Å². The average molecular weight is 405 g/mol. The van der Waals surface area contributed by atoms with E-state index >= 15 is 0 Å². The molecule has 1 saturated carbocycles. The standard InChI is InChI=1S/C17H22FNO2.C5H11N.C2H4/c18-12-17(7-2-8-17)16(20)19-9-6-13-4-5-15-14(11-13)3-1-10-21-15;1-6-4-2-3-5-6;1-2/h4-5,11H,1-3,6-10,12H2,(H,19,20);2-5H2,1H3;1-2H2. The van der Waals surface area contributed by atoms with E-state index in [9.17, 15) is 9.18 Å². The zero-order chi connectivity index (χ0) is 21.1. The van der Waals surface area contributed by atoms with Crippen LogP contribution in [-0.2, 0) is 17.6 Å². The van der Waals surface area contributed by atoms with Crippen LogP contribution in [-0.4, -0.2) is 50.8 Å². The predicted molar refractivity (Wildman–Crippen MR) is 117 cm³/mol. The van der Waals surface area contributed by atoms with Gasteiger partial charge in [-0.3, -0.25) is 4.79 Å². The summed E-state index contributed by atoms with van der Waals surface area (Å²) < 4.78 is 18.6. The number of amides is 1. The first-order chi connectivity index (χ1) is 14.1. The van der Waals surface area contributed by atoms with E-state index in [1.54, 1.807) is 0 Å².